The molecule has 1 unspecified atom stereocenters. The summed E-state index contributed by atoms with van der Waals surface area (Å²) in [5.74, 6) is 0.509. The summed E-state index contributed by atoms with van der Waals surface area (Å²) in [5, 5.41) is 0. The highest BCUT2D eigenvalue weighted by molar-refractivity contribution is 6.17. The fourth-order valence-corrected chi connectivity index (χ4v) is 5.97. The second-order valence-corrected chi connectivity index (χ2v) is 12.1. The van der Waals surface area contributed by atoms with E-state index in [2.05, 4.69) is 133 Å². The van der Waals surface area contributed by atoms with Gasteiger partial charge in [0.05, 0.1) is 23.1 Å². The van der Waals surface area contributed by atoms with Crippen LogP contribution in [-0.2, 0) is 0 Å². The quantitative estimate of drug-likeness (QED) is 0.138. The molecular weight excluding hydrogens is 585 g/mol. The van der Waals surface area contributed by atoms with Crippen LogP contribution in [0.3, 0.4) is 0 Å². The maximum Gasteiger partial charge on any atom is 0.118 e. The number of nitrogens with zero attached hydrogens (tertiary/aromatic N) is 3. The first-order chi connectivity index (χ1) is 23.4. The van der Waals surface area contributed by atoms with E-state index in [0.717, 1.165) is 35.4 Å². The molecule has 2 N–H and O–H groups in total. The highest BCUT2D eigenvalue weighted by Crippen LogP contribution is 2.46. The van der Waals surface area contributed by atoms with Gasteiger partial charge >= 0.3 is 0 Å². The number of hydrogen-bond acceptors (Lipinski definition) is 3. The van der Waals surface area contributed by atoms with Crippen LogP contribution in [0, 0.1) is 0 Å². The molecule has 3 aliphatic rings. The van der Waals surface area contributed by atoms with Gasteiger partial charge < -0.3 is 10.6 Å². The van der Waals surface area contributed by atoms with Gasteiger partial charge in [0.25, 0.3) is 0 Å². The summed E-state index contributed by atoms with van der Waals surface area (Å²) in [5.41, 5.74) is 19.7. The molecule has 238 valence electrons. The summed E-state index contributed by atoms with van der Waals surface area (Å²) < 4.78 is 0. The molecule has 4 nitrogen and oxygen atoms in total. The Bertz CT molecular complexity index is 1950. The Morgan fingerprint density at radius 3 is 2.25 bits per heavy atom. The molecule has 3 aromatic carbocycles. The minimum Gasteiger partial charge on any atom is -0.384 e. The van der Waals surface area contributed by atoms with Crippen molar-refractivity contribution in [1.82, 2.24) is 0 Å². The van der Waals surface area contributed by atoms with Crippen LogP contribution in [0.15, 0.2) is 196 Å². The van der Waals surface area contributed by atoms with E-state index < -0.39 is 0 Å². The lowest BCUT2D eigenvalue weighted by Gasteiger charge is -2.42. The molecule has 3 aromatic rings. The van der Waals surface area contributed by atoms with E-state index in [0.29, 0.717) is 5.84 Å². The van der Waals surface area contributed by atoms with Gasteiger partial charge in [-0.05, 0) is 104 Å². The van der Waals surface area contributed by atoms with Gasteiger partial charge in [0.1, 0.15) is 5.84 Å². The summed E-state index contributed by atoms with van der Waals surface area (Å²) in [4.78, 5) is 11.7. The molecular formula is C44H42N4. The van der Waals surface area contributed by atoms with Gasteiger partial charge in [0, 0.05) is 22.5 Å². The Hall–Kier alpha value is -5.74. The molecule has 0 bridgehead atoms. The number of benzene rings is 3. The molecule has 1 atom stereocenters. The van der Waals surface area contributed by atoms with Crippen LogP contribution in [0.2, 0.25) is 0 Å². The zero-order valence-corrected chi connectivity index (χ0v) is 28.0. The molecule has 0 saturated carbocycles. The summed E-state index contributed by atoms with van der Waals surface area (Å²) in [6, 6.07) is 28.1. The van der Waals surface area contributed by atoms with Crippen molar-refractivity contribution >= 4 is 17.2 Å². The molecule has 2 heterocycles. The van der Waals surface area contributed by atoms with E-state index in [1.54, 1.807) is 0 Å². The predicted molar refractivity (Wildman–Crippen MR) is 206 cm³/mol. The van der Waals surface area contributed by atoms with Crippen LogP contribution >= 0.6 is 0 Å². The molecule has 0 fully saturated rings. The molecule has 0 radical (unpaired) electrons. The predicted octanol–water partition coefficient (Wildman–Crippen LogP) is 10.6. The van der Waals surface area contributed by atoms with Crippen LogP contribution in [0.4, 0.5) is 5.69 Å². The van der Waals surface area contributed by atoms with Crippen molar-refractivity contribution in [2.45, 2.75) is 39.7 Å². The fourth-order valence-electron chi connectivity index (χ4n) is 5.97. The molecule has 48 heavy (non-hydrogen) atoms. The fraction of sp³-hybridized carbons (Fsp3) is 0.136. The Labute approximate surface area is 285 Å². The standard InChI is InChI=1S/C44H42N4/c1-5-6-9-25-44(45)46-33(4)31(2)17-16-23-40-32(3)41(47-40)26-27-43-39-22-14-15-24-42(39)48(43)38-29-36(34-18-10-7-11-19-34)28-37(30-38)35-20-12-8-13-21-35/h5-14,16-23,25-30,33H,3,15,24H2,1-2,4H3,(H2,45,46)/b6-5-,23-16-,25-9-,31-17+,41-26+,43-27-. The largest absolute Gasteiger partial charge is 0.384 e. The van der Waals surface area contributed by atoms with Crippen molar-refractivity contribution in [2.75, 3.05) is 4.90 Å². The number of nitrogens with two attached hydrogens (primary N) is 1. The molecule has 0 aromatic heterocycles. The van der Waals surface area contributed by atoms with Gasteiger partial charge in [0.2, 0.25) is 0 Å². The molecule has 6 rings (SSSR count). The highest BCUT2D eigenvalue weighted by atomic mass is 15.2. The molecule has 0 spiro atoms. The first-order valence-electron chi connectivity index (χ1n) is 16.6. The normalized spacial score (nSPS) is 19.0. The van der Waals surface area contributed by atoms with Gasteiger partial charge in [-0.3, -0.25) is 4.99 Å². The first kappa shape index (κ1) is 32.2. The summed E-state index contributed by atoms with van der Waals surface area (Å²) >= 11 is 0. The van der Waals surface area contributed by atoms with Crippen LogP contribution < -0.4 is 10.6 Å². The third-order valence-electron chi connectivity index (χ3n) is 8.76. The Kier molecular flexibility index (Phi) is 9.92. The maximum atomic E-state index is 6.03. The average Bonchev–Trinajstić information content (AvgIpc) is 3.11. The van der Waals surface area contributed by atoms with E-state index in [1.165, 1.54) is 44.9 Å². The van der Waals surface area contributed by atoms with Crippen LogP contribution in [0.5, 0.6) is 0 Å². The van der Waals surface area contributed by atoms with Crippen LogP contribution in [0.25, 0.3) is 22.3 Å². The Morgan fingerprint density at radius 2 is 1.60 bits per heavy atom. The lowest BCUT2D eigenvalue weighted by molar-refractivity contribution is 0.827. The van der Waals surface area contributed by atoms with Gasteiger partial charge in [-0.1, -0.05) is 110 Å². The van der Waals surface area contributed by atoms with Crippen LogP contribution in [0.1, 0.15) is 33.6 Å². The van der Waals surface area contributed by atoms with Crippen LogP contribution in [-0.4, -0.2) is 17.6 Å². The molecule has 2 aliphatic heterocycles. The van der Waals surface area contributed by atoms with E-state index >= 15 is 0 Å². The topological polar surface area (TPSA) is 54.0 Å². The highest BCUT2D eigenvalue weighted by Gasteiger charge is 2.33. The molecule has 0 saturated heterocycles. The lowest BCUT2D eigenvalue weighted by Crippen LogP contribution is -2.34. The van der Waals surface area contributed by atoms with Crippen molar-refractivity contribution in [3.63, 3.8) is 0 Å². The zero-order valence-electron chi connectivity index (χ0n) is 28.0. The van der Waals surface area contributed by atoms with E-state index in [4.69, 9.17) is 10.7 Å². The summed E-state index contributed by atoms with van der Waals surface area (Å²) in [6.07, 6.45) is 24.5. The number of hydrogen-bond donors (Lipinski definition) is 1. The minimum atomic E-state index is -0.0193. The smallest absolute Gasteiger partial charge is 0.118 e. The third kappa shape index (κ3) is 7.13. The molecule has 4 heteroatoms. The second kappa shape index (κ2) is 14.8. The zero-order chi connectivity index (χ0) is 33.5. The number of allylic oxidation sites excluding steroid dienone is 12. The Morgan fingerprint density at radius 1 is 0.917 bits per heavy atom. The van der Waals surface area contributed by atoms with Crippen molar-refractivity contribution in [1.29, 1.82) is 0 Å². The second-order valence-electron chi connectivity index (χ2n) is 12.1. The van der Waals surface area contributed by atoms with Crippen molar-refractivity contribution in [2.24, 2.45) is 15.7 Å². The first-order valence-corrected chi connectivity index (χ1v) is 16.6. The lowest BCUT2D eigenvalue weighted by atomic mass is 9.88. The van der Waals surface area contributed by atoms with Gasteiger partial charge in [0.15, 0.2) is 0 Å². The number of anilines is 1. The molecule has 0 amide bonds. The van der Waals surface area contributed by atoms with E-state index in [-0.39, 0.29) is 6.04 Å². The van der Waals surface area contributed by atoms with Crippen molar-refractivity contribution < 1.29 is 0 Å². The number of aliphatic imine (C=N–C) groups is 2. The van der Waals surface area contributed by atoms with Crippen molar-refractivity contribution in [3.05, 3.63) is 186 Å². The number of amidine groups is 1. The molecule has 1 aliphatic carbocycles. The van der Waals surface area contributed by atoms with Gasteiger partial charge in [-0.2, -0.15) is 0 Å². The van der Waals surface area contributed by atoms with E-state index in [1.807, 2.05) is 50.3 Å². The third-order valence-corrected chi connectivity index (χ3v) is 8.76. The minimum absolute atomic E-state index is 0.0193. The maximum absolute atomic E-state index is 6.03. The Balaban J connectivity index is 1.25. The van der Waals surface area contributed by atoms with Gasteiger partial charge in [-0.15, -0.1) is 0 Å². The average molecular weight is 627 g/mol. The SMILES string of the molecule is C=C1C(/C=C\C=C(/C)C(C)N=C(N)/C=C\C=C/C)=NC/1=C/C=C1/C2=C(CCC=C2)N1c1cc(-c2ccccc2)cc(-c2ccccc2)c1. The summed E-state index contributed by atoms with van der Waals surface area (Å²) in [6.45, 7) is 10.4. The van der Waals surface area contributed by atoms with E-state index in [9.17, 15) is 0 Å². The summed E-state index contributed by atoms with van der Waals surface area (Å²) in [7, 11) is 0. The van der Waals surface area contributed by atoms with Gasteiger partial charge in [-0.25, -0.2) is 4.99 Å². The van der Waals surface area contributed by atoms with Crippen molar-refractivity contribution in [3.8, 4) is 22.3 Å². The monoisotopic (exact) mass is 626 g/mol. The number of rotatable bonds is 10.